The van der Waals surface area contributed by atoms with E-state index in [1.807, 2.05) is 6.07 Å². The Morgan fingerprint density at radius 3 is 2.67 bits per heavy atom. The van der Waals surface area contributed by atoms with Crippen molar-refractivity contribution in [3.05, 3.63) is 71.2 Å². The van der Waals surface area contributed by atoms with Gasteiger partial charge in [0.1, 0.15) is 5.75 Å². The molecule has 2 atom stereocenters. The van der Waals surface area contributed by atoms with Crippen LogP contribution in [0.2, 0.25) is 0 Å². The molecule has 1 unspecified atom stereocenters. The molecule has 6 nitrogen and oxygen atoms in total. The van der Waals surface area contributed by atoms with Crippen LogP contribution in [0, 0.1) is 0 Å². The molecule has 0 saturated carbocycles. The van der Waals surface area contributed by atoms with Crippen molar-refractivity contribution in [2.45, 2.75) is 42.4 Å². The highest BCUT2D eigenvalue weighted by Gasteiger charge is 2.31. The third-order valence-electron chi connectivity index (χ3n) is 5.31. The van der Waals surface area contributed by atoms with E-state index in [2.05, 4.69) is 15.0 Å². The standard InChI is InChI=1S/C22H22F3N3O3S2/c23-22(24,25)10-8-18(15-4-2-1-3-5-15)27-19-9-12-31-20-14-16(6-7-17(19)20)33(29,30)28-21-26-11-13-32-21/h1-7,11,13-14,18-19,27H,8-10,12H2,(H,26,28)/t18?,19-/m0/s1. The molecule has 4 rings (SSSR count). The molecule has 176 valence electrons. The highest BCUT2D eigenvalue weighted by atomic mass is 32.2. The summed E-state index contributed by atoms with van der Waals surface area (Å²) in [5.41, 5.74) is 1.48. The Kier molecular flexibility index (Phi) is 6.91. The van der Waals surface area contributed by atoms with Crippen molar-refractivity contribution in [2.75, 3.05) is 11.3 Å². The molecular weight excluding hydrogens is 475 g/mol. The van der Waals surface area contributed by atoms with Crippen molar-refractivity contribution in [3.63, 3.8) is 0 Å². The van der Waals surface area contributed by atoms with Crippen LogP contribution in [0.1, 0.15) is 42.5 Å². The molecule has 1 aromatic heterocycles. The van der Waals surface area contributed by atoms with Crippen molar-refractivity contribution in [2.24, 2.45) is 0 Å². The first-order chi connectivity index (χ1) is 15.7. The molecule has 0 saturated heterocycles. The maximum absolute atomic E-state index is 12.9. The molecule has 0 amide bonds. The first-order valence-electron chi connectivity index (χ1n) is 10.3. The number of rotatable bonds is 8. The predicted molar refractivity (Wildman–Crippen MR) is 120 cm³/mol. The normalized spacial score (nSPS) is 17.1. The highest BCUT2D eigenvalue weighted by molar-refractivity contribution is 7.93. The summed E-state index contributed by atoms with van der Waals surface area (Å²) in [6, 6.07) is 12.8. The van der Waals surface area contributed by atoms with Gasteiger partial charge in [0.25, 0.3) is 10.0 Å². The van der Waals surface area contributed by atoms with Crippen LogP contribution in [-0.4, -0.2) is 26.2 Å². The Bertz CT molecular complexity index is 1170. The van der Waals surface area contributed by atoms with Gasteiger partial charge in [-0.25, -0.2) is 13.4 Å². The lowest BCUT2D eigenvalue weighted by atomic mass is 9.96. The zero-order valence-electron chi connectivity index (χ0n) is 17.4. The molecule has 3 aromatic rings. The molecule has 2 aromatic carbocycles. The molecule has 1 aliphatic rings. The number of nitrogens with one attached hydrogen (secondary N) is 2. The minimum absolute atomic E-state index is 0.0220. The molecule has 0 fully saturated rings. The monoisotopic (exact) mass is 497 g/mol. The van der Waals surface area contributed by atoms with E-state index in [1.54, 1.807) is 35.7 Å². The fourth-order valence-electron chi connectivity index (χ4n) is 3.74. The zero-order valence-corrected chi connectivity index (χ0v) is 19.0. The van der Waals surface area contributed by atoms with Gasteiger partial charge in [-0.15, -0.1) is 11.3 Å². The van der Waals surface area contributed by atoms with Crippen LogP contribution in [0.4, 0.5) is 18.3 Å². The molecule has 0 spiro atoms. The SMILES string of the molecule is O=S(=O)(Nc1nccs1)c1ccc2c(c1)OCC[C@@H]2NC(CCC(F)(F)F)c1ccccc1. The Labute approximate surface area is 193 Å². The summed E-state index contributed by atoms with van der Waals surface area (Å²) in [6.07, 6.45) is -3.22. The fraction of sp³-hybridized carbons (Fsp3) is 0.318. The van der Waals surface area contributed by atoms with Crippen molar-refractivity contribution in [3.8, 4) is 5.75 Å². The second-order valence-corrected chi connectivity index (χ2v) is 10.2. The Morgan fingerprint density at radius 2 is 1.97 bits per heavy atom. The van der Waals surface area contributed by atoms with Crippen LogP contribution in [0.3, 0.4) is 0 Å². The third-order valence-corrected chi connectivity index (χ3v) is 7.46. The average molecular weight is 498 g/mol. The summed E-state index contributed by atoms with van der Waals surface area (Å²) >= 11 is 1.16. The zero-order chi connectivity index (χ0) is 23.5. The number of fused-ring (bicyclic) bond motifs is 1. The van der Waals surface area contributed by atoms with E-state index in [0.717, 1.165) is 16.9 Å². The van der Waals surface area contributed by atoms with E-state index in [1.165, 1.54) is 18.3 Å². The second kappa shape index (κ2) is 9.70. The number of aromatic nitrogens is 1. The van der Waals surface area contributed by atoms with Gasteiger partial charge >= 0.3 is 6.18 Å². The number of ether oxygens (including phenoxy) is 1. The number of benzene rings is 2. The maximum Gasteiger partial charge on any atom is 0.389 e. The number of sulfonamides is 1. The summed E-state index contributed by atoms with van der Waals surface area (Å²) in [6.45, 7) is 0.314. The van der Waals surface area contributed by atoms with Gasteiger partial charge < -0.3 is 10.1 Å². The summed E-state index contributed by atoms with van der Waals surface area (Å²) in [7, 11) is -3.85. The molecule has 11 heteroatoms. The van der Waals surface area contributed by atoms with Crippen molar-refractivity contribution < 1.29 is 26.3 Å². The topological polar surface area (TPSA) is 80.3 Å². The summed E-state index contributed by atoms with van der Waals surface area (Å²) < 4.78 is 72.3. The molecule has 0 bridgehead atoms. The quantitative estimate of drug-likeness (QED) is 0.433. The summed E-state index contributed by atoms with van der Waals surface area (Å²) in [5, 5.41) is 5.25. The largest absolute Gasteiger partial charge is 0.493 e. The van der Waals surface area contributed by atoms with Crippen molar-refractivity contribution >= 4 is 26.5 Å². The van der Waals surface area contributed by atoms with Gasteiger partial charge in [-0.2, -0.15) is 13.2 Å². The number of thiazole rings is 1. The lowest BCUT2D eigenvalue weighted by Gasteiger charge is -2.31. The fourth-order valence-corrected chi connectivity index (χ4v) is 5.54. The van der Waals surface area contributed by atoms with E-state index in [9.17, 15) is 21.6 Å². The van der Waals surface area contributed by atoms with Crippen molar-refractivity contribution in [1.29, 1.82) is 0 Å². The first kappa shape index (κ1) is 23.5. The van der Waals surface area contributed by atoms with Crippen molar-refractivity contribution in [1.82, 2.24) is 10.3 Å². The van der Waals surface area contributed by atoms with Gasteiger partial charge in [0.05, 0.1) is 11.5 Å². The van der Waals surface area contributed by atoms with Gasteiger partial charge in [-0.1, -0.05) is 36.4 Å². The van der Waals surface area contributed by atoms with E-state index in [4.69, 9.17) is 4.74 Å². The molecule has 1 aliphatic heterocycles. The maximum atomic E-state index is 12.9. The minimum Gasteiger partial charge on any atom is -0.493 e. The average Bonchev–Trinajstić information content (AvgIpc) is 3.28. The Balaban J connectivity index is 1.56. The van der Waals surface area contributed by atoms with Crippen LogP contribution in [0.25, 0.3) is 0 Å². The molecule has 2 heterocycles. The van der Waals surface area contributed by atoms with E-state index < -0.39 is 28.7 Å². The van der Waals surface area contributed by atoms with Crippen LogP contribution in [-0.2, 0) is 10.0 Å². The van der Waals surface area contributed by atoms with Crippen LogP contribution >= 0.6 is 11.3 Å². The molecule has 0 radical (unpaired) electrons. The summed E-state index contributed by atoms with van der Waals surface area (Å²) in [5.74, 6) is 0.392. The number of anilines is 1. The van der Waals surface area contributed by atoms with Crippen LogP contribution < -0.4 is 14.8 Å². The molecule has 0 aliphatic carbocycles. The number of hydrogen-bond acceptors (Lipinski definition) is 6. The van der Waals surface area contributed by atoms with E-state index in [0.29, 0.717) is 24.3 Å². The molecule has 33 heavy (non-hydrogen) atoms. The van der Waals surface area contributed by atoms with Gasteiger partial charge in [0, 0.05) is 48.1 Å². The third kappa shape index (κ3) is 6.04. The van der Waals surface area contributed by atoms with E-state index in [-0.39, 0.29) is 22.5 Å². The lowest BCUT2D eigenvalue weighted by molar-refractivity contribution is -0.136. The molecular formula is C22H22F3N3O3S2. The van der Waals surface area contributed by atoms with Gasteiger partial charge in [0.15, 0.2) is 5.13 Å². The number of hydrogen-bond donors (Lipinski definition) is 2. The predicted octanol–water partition coefficient (Wildman–Crippen LogP) is 5.44. The Morgan fingerprint density at radius 1 is 1.18 bits per heavy atom. The van der Waals surface area contributed by atoms with Gasteiger partial charge in [-0.3, -0.25) is 4.72 Å². The number of alkyl halides is 3. The summed E-state index contributed by atoms with van der Waals surface area (Å²) in [4.78, 5) is 3.95. The lowest BCUT2D eigenvalue weighted by Crippen LogP contribution is -2.31. The minimum atomic E-state index is -4.25. The first-order valence-corrected chi connectivity index (χ1v) is 12.6. The van der Waals surface area contributed by atoms with Crippen LogP contribution in [0.5, 0.6) is 5.75 Å². The van der Waals surface area contributed by atoms with Gasteiger partial charge in [0.2, 0.25) is 0 Å². The number of halogens is 3. The second-order valence-electron chi connectivity index (χ2n) is 7.62. The van der Waals surface area contributed by atoms with Gasteiger partial charge in [-0.05, 0) is 18.1 Å². The number of nitrogens with zero attached hydrogens (tertiary/aromatic N) is 1. The highest BCUT2D eigenvalue weighted by Crippen LogP contribution is 2.37. The smallest absolute Gasteiger partial charge is 0.389 e. The van der Waals surface area contributed by atoms with Crippen LogP contribution in [0.15, 0.2) is 65.0 Å². The molecule has 2 N–H and O–H groups in total. The Hall–Kier alpha value is -2.63. The van der Waals surface area contributed by atoms with E-state index >= 15 is 0 Å².